The molecule has 114 valence electrons. The predicted octanol–water partition coefficient (Wildman–Crippen LogP) is 4.07. The molecule has 1 aromatic rings. The van der Waals surface area contributed by atoms with Gasteiger partial charge in [0.1, 0.15) is 6.10 Å². The summed E-state index contributed by atoms with van der Waals surface area (Å²) in [5, 5.41) is 20.5. The maximum Gasteiger partial charge on any atom is 0.106 e. The molecule has 0 aliphatic rings. The van der Waals surface area contributed by atoms with Crippen molar-refractivity contribution in [2.45, 2.75) is 64.6 Å². The fourth-order valence-electron chi connectivity index (χ4n) is 1.99. The van der Waals surface area contributed by atoms with E-state index in [1.54, 1.807) is 0 Å². The fourth-order valence-corrected chi connectivity index (χ4v) is 2.35. The maximum absolute atomic E-state index is 10.3. The molecule has 1 rings (SSSR count). The molecule has 0 aliphatic heterocycles. The lowest BCUT2D eigenvalue weighted by Gasteiger charge is -2.28. The highest BCUT2D eigenvalue weighted by Gasteiger charge is 2.24. The van der Waals surface area contributed by atoms with Gasteiger partial charge in [-0.3, -0.25) is 0 Å². The molecular weight excluding hydrogens is 316 g/mol. The summed E-state index contributed by atoms with van der Waals surface area (Å²) in [4.78, 5) is 0. The molecule has 0 saturated carbocycles. The van der Waals surface area contributed by atoms with Crippen LogP contribution in [0.2, 0.25) is 0 Å². The number of aliphatic hydroxyl groups is 2. The van der Waals surface area contributed by atoms with Crippen LogP contribution in [-0.4, -0.2) is 21.6 Å². The molecule has 2 unspecified atom stereocenters. The Morgan fingerprint density at radius 1 is 0.900 bits per heavy atom. The molecule has 0 spiro atoms. The number of aliphatic hydroxyl groups excluding tert-OH is 2. The number of halogens is 1. The summed E-state index contributed by atoms with van der Waals surface area (Å²) in [5.74, 6) is 0. The number of rotatable bonds is 3. The molecular formula is C17H27BrO2. The predicted molar refractivity (Wildman–Crippen MR) is 88.6 cm³/mol. The second kappa shape index (κ2) is 6.17. The molecule has 0 aromatic heterocycles. The molecule has 0 aliphatic carbocycles. The highest BCUT2D eigenvalue weighted by atomic mass is 79.9. The molecule has 0 fully saturated rings. The van der Waals surface area contributed by atoms with Gasteiger partial charge in [-0.15, -0.1) is 0 Å². The van der Waals surface area contributed by atoms with Crippen LogP contribution in [0, 0.1) is 0 Å². The summed E-state index contributed by atoms with van der Waals surface area (Å²) in [6.45, 7) is 13.0. The van der Waals surface area contributed by atoms with Gasteiger partial charge in [0.15, 0.2) is 0 Å². The van der Waals surface area contributed by atoms with E-state index in [2.05, 4.69) is 63.5 Å². The Morgan fingerprint density at radius 2 is 1.30 bits per heavy atom. The van der Waals surface area contributed by atoms with Gasteiger partial charge in [-0.2, -0.15) is 0 Å². The lowest BCUT2D eigenvalue weighted by molar-refractivity contribution is 0.0341. The van der Waals surface area contributed by atoms with Gasteiger partial charge >= 0.3 is 0 Å². The van der Waals surface area contributed by atoms with E-state index in [0.717, 1.165) is 5.56 Å². The molecule has 0 heterocycles. The average Bonchev–Trinajstić information content (AvgIpc) is 2.34. The monoisotopic (exact) mass is 342 g/mol. The molecule has 1 aromatic carbocycles. The van der Waals surface area contributed by atoms with Gasteiger partial charge in [0, 0.05) is 5.33 Å². The summed E-state index contributed by atoms with van der Waals surface area (Å²) >= 11 is 3.22. The average molecular weight is 343 g/mol. The summed E-state index contributed by atoms with van der Waals surface area (Å²) in [6, 6.07) is 6.22. The van der Waals surface area contributed by atoms with Gasteiger partial charge in [-0.1, -0.05) is 75.7 Å². The van der Waals surface area contributed by atoms with Crippen LogP contribution in [0.25, 0.3) is 0 Å². The molecule has 2 nitrogen and oxygen atoms in total. The zero-order chi connectivity index (χ0) is 15.7. The van der Waals surface area contributed by atoms with E-state index in [-0.39, 0.29) is 10.8 Å². The highest BCUT2D eigenvalue weighted by molar-refractivity contribution is 9.09. The molecule has 0 radical (unpaired) electrons. The van der Waals surface area contributed by atoms with Crippen molar-refractivity contribution in [2.24, 2.45) is 0 Å². The first kappa shape index (κ1) is 17.7. The van der Waals surface area contributed by atoms with Crippen LogP contribution in [0.1, 0.15) is 64.3 Å². The smallest absolute Gasteiger partial charge is 0.106 e. The number of benzene rings is 1. The zero-order valence-corrected chi connectivity index (χ0v) is 15.0. The Balaban J connectivity index is 3.38. The number of alkyl halides is 1. The molecule has 20 heavy (non-hydrogen) atoms. The van der Waals surface area contributed by atoms with E-state index in [4.69, 9.17) is 0 Å². The van der Waals surface area contributed by atoms with Crippen molar-refractivity contribution in [3.63, 3.8) is 0 Å². The van der Waals surface area contributed by atoms with E-state index in [9.17, 15) is 10.2 Å². The van der Waals surface area contributed by atoms with Crippen molar-refractivity contribution in [1.29, 1.82) is 0 Å². The lowest BCUT2D eigenvalue weighted by Crippen LogP contribution is -2.22. The van der Waals surface area contributed by atoms with Crippen molar-refractivity contribution < 1.29 is 10.2 Å². The number of hydrogen-bond donors (Lipinski definition) is 2. The SMILES string of the molecule is CC(C)(C)c1cc(C(O)C(O)CBr)cc(C(C)(C)C)c1. The Morgan fingerprint density at radius 3 is 1.60 bits per heavy atom. The van der Waals surface area contributed by atoms with Crippen LogP contribution in [0.3, 0.4) is 0 Å². The first-order valence-electron chi connectivity index (χ1n) is 7.05. The summed E-state index contributed by atoms with van der Waals surface area (Å²) in [5.41, 5.74) is 3.17. The van der Waals surface area contributed by atoms with Gasteiger partial charge in [-0.05, 0) is 27.5 Å². The second-order valence-electron chi connectivity index (χ2n) is 7.51. The van der Waals surface area contributed by atoms with Crippen LogP contribution in [0.15, 0.2) is 18.2 Å². The van der Waals surface area contributed by atoms with Crippen LogP contribution < -0.4 is 0 Å². The minimum atomic E-state index is -0.863. The Kier molecular flexibility index (Phi) is 5.45. The van der Waals surface area contributed by atoms with Gasteiger partial charge in [0.2, 0.25) is 0 Å². The van der Waals surface area contributed by atoms with Gasteiger partial charge in [-0.25, -0.2) is 0 Å². The third kappa shape index (κ3) is 4.31. The van der Waals surface area contributed by atoms with Crippen molar-refractivity contribution in [1.82, 2.24) is 0 Å². The first-order valence-corrected chi connectivity index (χ1v) is 8.17. The summed E-state index contributed by atoms with van der Waals surface area (Å²) in [6.07, 6.45) is -1.66. The zero-order valence-electron chi connectivity index (χ0n) is 13.4. The van der Waals surface area contributed by atoms with Crippen LogP contribution in [0.4, 0.5) is 0 Å². The van der Waals surface area contributed by atoms with E-state index in [1.165, 1.54) is 11.1 Å². The Hall–Kier alpha value is -0.380. The third-order valence-corrected chi connectivity index (χ3v) is 4.21. The van der Waals surface area contributed by atoms with Crippen LogP contribution in [-0.2, 0) is 10.8 Å². The van der Waals surface area contributed by atoms with Crippen molar-refractivity contribution >= 4 is 15.9 Å². The van der Waals surface area contributed by atoms with Gasteiger partial charge in [0.05, 0.1) is 6.10 Å². The normalized spacial score (nSPS) is 16.1. The fraction of sp³-hybridized carbons (Fsp3) is 0.647. The largest absolute Gasteiger partial charge is 0.389 e. The van der Waals surface area contributed by atoms with E-state index in [1.807, 2.05) is 12.1 Å². The molecule has 3 heteroatoms. The van der Waals surface area contributed by atoms with Crippen molar-refractivity contribution in [3.8, 4) is 0 Å². The minimum Gasteiger partial charge on any atom is -0.389 e. The summed E-state index contributed by atoms with van der Waals surface area (Å²) in [7, 11) is 0. The first-order chi connectivity index (χ1) is 8.96. The standard InChI is InChI=1S/C17H27BrO2/c1-16(2,3)12-7-11(15(20)14(19)10-18)8-13(9-12)17(4,5)6/h7-9,14-15,19-20H,10H2,1-6H3. The third-order valence-electron chi connectivity index (χ3n) is 3.55. The summed E-state index contributed by atoms with van der Waals surface area (Å²) < 4.78 is 0. The van der Waals surface area contributed by atoms with Gasteiger partial charge in [0.25, 0.3) is 0 Å². The van der Waals surface area contributed by atoms with Crippen LogP contribution >= 0.6 is 15.9 Å². The van der Waals surface area contributed by atoms with E-state index < -0.39 is 12.2 Å². The van der Waals surface area contributed by atoms with Crippen LogP contribution in [0.5, 0.6) is 0 Å². The Labute approximate surface area is 131 Å². The van der Waals surface area contributed by atoms with E-state index in [0.29, 0.717) is 5.33 Å². The molecule has 0 bridgehead atoms. The quantitative estimate of drug-likeness (QED) is 0.812. The molecule has 2 N–H and O–H groups in total. The molecule has 0 saturated heterocycles. The topological polar surface area (TPSA) is 40.5 Å². The lowest BCUT2D eigenvalue weighted by atomic mass is 9.79. The van der Waals surface area contributed by atoms with Crippen molar-refractivity contribution in [2.75, 3.05) is 5.33 Å². The minimum absolute atomic E-state index is 0.00901. The van der Waals surface area contributed by atoms with Crippen molar-refractivity contribution in [3.05, 3.63) is 34.9 Å². The second-order valence-corrected chi connectivity index (χ2v) is 8.16. The van der Waals surface area contributed by atoms with E-state index >= 15 is 0 Å². The number of hydrogen-bond acceptors (Lipinski definition) is 2. The molecule has 2 atom stereocenters. The Bertz CT molecular complexity index is 423. The maximum atomic E-state index is 10.3. The highest BCUT2D eigenvalue weighted by Crippen LogP contribution is 2.32. The van der Waals surface area contributed by atoms with Gasteiger partial charge < -0.3 is 10.2 Å². The molecule has 0 amide bonds.